The summed E-state index contributed by atoms with van der Waals surface area (Å²) in [5.74, 6) is 0.317. The molecule has 2 aromatic heterocycles. The summed E-state index contributed by atoms with van der Waals surface area (Å²) in [5.41, 5.74) is 0.861. The van der Waals surface area contributed by atoms with Gasteiger partial charge in [-0.15, -0.1) is 0 Å². The van der Waals surface area contributed by atoms with E-state index in [0.717, 1.165) is 0 Å². The van der Waals surface area contributed by atoms with Crippen molar-refractivity contribution in [2.24, 2.45) is 0 Å². The van der Waals surface area contributed by atoms with Gasteiger partial charge in [0.25, 0.3) is 0 Å². The van der Waals surface area contributed by atoms with Crippen molar-refractivity contribution in [3.8, 4) is 5.88 Å². The smallest absolute Gasteiger partial charge is 0.243 e. The molecule has 0 amide bonds. The SMILES string of the molecule is CCOc1ncnc2ncn([C@@H]3O[C@H](CO)[C@@H](O)[C@H]3O)c12. The molecule has 3 N–H and O–H groups in total. The van der Waals surface area contributed by atoms with E-state index in [2.05, 4.69) is 15.0 Å². The van der Waals surface area contributed by atoms with Gasteiger partial charge in [0, 0.05) is 0 Å². The predicted octanol–water partition coefficient (Wildman–Crippen LogP) is -1.16. The van der Waals surface area contributed by atoms with Crippen LogP contribution in [0.25, 0.3) is 11.2 Å². The lowest BCUT2D eigenvalue weighted by Gasteiger charge is -2.17. The van der Waals surface area contributed by atoms with Crippen LogP contribution in [0.5, 0.6) is 5.88 Å². The van der Waals surface area contributed by atoms with E-state index in [-0.39, 0.29) is 0 Å². The van der Waals surface area contributed by atoms with Gasteiger partial charge in [0.1, 0.15) is 31.0 Å². The van der Waals surface area contributed by atoms with Crippen LogP contribution < -0.4 is 4.74 Å². The second-order valence-electron chi connectivity index (χ2n) is 4.66. The number of fused-ring (bicyclic) bond motifs is 1. The second kappa shape index (κ2) is 5.53. The Morgan fingerprint density at radius 3 is 2.76 bits per heavy atom. The molecular formula is C12H16N4O5. The fraction of sp³-hybridized carbons (Fsp3) is 0.583. The third kappa shape index (κ3) is 2.23. The Kier molecular flexibility index (Phi) is 3.72. The molecule has 0 unspecified atom stereocenters. The molecule has 2 aromatic rings. The zero-order valence-corrected chi connectivity index (χ0v) is 11.3. The minimum absolute atomic E-state index is 0.317. The van der Waals surface area contributed by atoms with E-state index in [1.807, 2.05) is 6.92 Å². The maximum Gasteiger partial charge on any atom is 0.243 e. The highest BCUT2D eigenvalue weighted by molar-refractivity contribution is 5.76. The summed E-state index contributed by atoms with van der Waals surface area (Å²) >= 11 is 0. The lowest BCUT2D eigenvalue weighted by atomic mass is 10.1. The van der Waals surface area contributed by atoms with E-state index >= 15 is 0 Å². The van der Waals surface area contributed by atoms with Crippen LogP contribution in [0.4, 0.5) is 0 Å². The highest BCUT2D eigenvalue weighted by atomic mass is 16.6. The quantitative estimate of drug-likeness (QED) is 0.645. The molecule has 0 aliphatic carbocycles. The Hall–Kier alpha value is -1.81. The van der Waals surface area contributed by atoms with E-state index in [1.54, 1.807) is 0 Å². The number of imidazole rings is 1. The minimum atomic E-state index is -1.20. The molecule has 1 saturated heterocycles. The summed E-state index contributed by atoms with van der Waals surface area (Å²) < 4.78 is 12.4. The molecule has 1 aliphatic heterocycles. The summed E-state index contributed by atoms with van der Waals surface area (Å²) in [5, 5.41) is 29.1. The molecule has 4 atom stereocenters. The number of aliphatic hydroxyl groups is 3. The van der Waals surface area contributed by atoms with E-state index in [4.69, 9.17) is 14.6 Å². The average molecular weight is 296 g/mol. The van der Waals surface area contributed by atoms with Crippen molar-refractivity contribution in [1.29, 1.82) is 0 Å². The van der Waals surface area contributed by atoms with Crippen LogP contribution in [0.2, 0.25) is 0 Å². The first-order chi connectivity index (χ1) is 10.2. The standard InChI is InChI=1S/C12H16N4O5/c1-2-20-11-7-10(13-4-14-11)15-5-16(7)12-9(19)8(18)6(3-17)21-12/h4-6,8-9,12,17-19H,2-3H2,1H3/t6-,8-,9-,12-/m1/s1. The molecule has 3 heterocycles. The van der Waals surface area contributed by atoms with Gasteiger partial charge < -0.3 is 24.8 Å². The number of nitrogens with zero attached hydrogens (tertiary/aromatic N) is 4. The number of hydrogen-bond donors (Lipinski definition) is 3. The predicted molar refractivity (Wildman–Crippen MR) is 69.5 cm³/mol. The molecular weight excluding hydrogens is 280 g/mol. The molecule has 9 heteroatoms. The third-order valence-corrected chi connectivity index (χ3v) is 3.40. The molecule has 0 bridgehead atoms. The Morgan fingerprint density at radius 2 is 2.10 bits per heavy atom. The average Bonchev–Trinajstić information content (AvgIpc) is 3.03. The fourth-order valence-electron chi connectivity index (χ4n) is 2.39. The monoisotopic (exact) mass is 296 g/mol. The number of rotatable bonds is 4. The van der Waals surface area contributed by atoms with Gasteiger partial charge in [0.15, 0.2) is 17.4 Å². The van der Waals surface area contributed by atoms with Crippen molar-refractivity contribution in [3.05, 3.63) is 12.7 Å². The number of aliphatic hydroxyl groups excluding tert-OH is 3. The zero-order chi connectivity index (χ0) is 15.0. The van der Waals surface area contributed by atoms with Crippen molar-refractivity contribution >= 4 is 11.2 Å². The van der Waals surface area contributed by atoms with Crippen molar-refractivity contribution in [2.45, 2.75) is 31.5 Å². The second-order valence-corrected chi connectivity index (χ2v) is 4.66. The van der Waals surface area contributed by atoms with E-state index < -0.39 is 31.1 Å². The van der Waals surface area contributed by atoms with Crippen molar-refractivity contribution in [1.82, 2.24) is 19.5 Å². The normalized spacial score (nSPS) is 29.1. The number of hydrogen-bond acceptors (Lipinski definition) is 8. The van der Waals surface area contributed by atoms with Crippen LogP contribution in [0.3, 0.4) is 0 Å². The summed E-state index contributed by atoms with van der Waals surface area (Å²) in [6.45, 7) is 1.84. The highest BCUT2D eigenvalue weighted by Crippen LogP contribution is 2.33. The van der Waals surface area contributed by atoms with E-state index in [9.17, 15) is 10.2 Å². The minimum Gasteiger partial charge on any atom is -0.476 e. The Balaban J connectivity index is 2.05. The van der Waals surface area contributed by atoms with Gasteiger partial charge in [-0.05, 0) is 6.92 Å². The largest absolute Gasteiger partial charge is 0.476 e. The Labute approximate surface area is 119 Å². The van der Waals surface area contributed by atoms with Crippen LogP contribution >= 0.6 is 0 Å². The van der Waals surface area contributed by atoms with Gasteiger partial charge in [-0.2, -0.15) is 4.98 Å². The molecule has 9 nitrogen and oxygen atoms in total. The van der Waals surface area contributed by atoms with E-state index in [1.165, 1.54) is 17.2 Å². The third-order valence-electron chi connectivity index (χ3n) is 3.40. The molecule has 114 valence electrons. The maximum atomic E-state index is 10.1. The number of ether oxygens (including phenoxy) is 2. The molecule has 21 heavy (non-hydrogen) atoms. The van der Waals surface area contributed by atoms with Crippen LogP contribution in [0.15, 0.2) is 12.7 Å². The fourth-order valence-corrected chi connectivity index (χ4v) is 2.39. The summed E-state index contributed by atoms with van der Waals surface area (Å²) in [7, 11) is 0. The van der Waals surface area contributed by atoms with Crippen LogP contribution in [0, 0.1) is 0 Å². The Bertz CT molecular complexity index is 633. The van der Waals surface area contributed by atoms with E-state index in [0.29, 0.717) is 23.7 Å². The van der Waals surface area contributed by atoms with Gasteiger partial charge in [-0.3, -0.25) is 4.57 Å². The molecule has 1 aliphatic rings. The van der Waals surface area contributed by atoms with Crippen molar-refractivity contribution in [3.63, 3.8) is 0 Å². The zero-order valence-electron chi connectivity index (χ0n) is 11.3. The van der Waals surface area contributed by atoms with Gasteiger partial charge in [-0.1, -0.05) is 0 Å². The van der Waals surface area contributed by atoms with Gasteiger partial charge in [-0.25, -0.2) is 9.97 Å². The van der Waals surface area contributed by atoms with Crippen LogP contribution in [0.1, 0.15) is 13.2 Å². The molecule has 1 fully saturated rings. The first-order valence-corrected chi connectivity index (χ1v) is 6.60. The van der Waals surface area contributed by atoms with Crippen molar-refractivity contribution in [2.75, 3.05) is 13.2 Å². The van der Waals surface area contributed by atoms with Gasteiger partial charge >= 0.3 is 0 Å². The highest BCUT2D eigenvalue weighted by Gasteiger charge is 2.44. The van der Waals surface area contributed by atoms with Crippen molar-refractivity contribution < 1.29 is 24.8 Å². The lowest BCUT2D eigenvalue weighted by Crippen LogP contribution is -2.33. The van der Waals surface area contributed by atoms with Crippen LogP contribution in [-0.4, -0.2) is 66.4 Å². The molecule has 0 aromatic carbocycles. The summed E-state index contributed by atoms with van der Waals surface area (Å²) in [6.07, 6.45) is -1.37. The molecule has 0 spiro atoms. The summed E-state index contributed by atoms with van der Waals surface area (Å²) in [4.78, 5) is 12.2. The van der Waals surface area contributed by atoms with Gasteiger partial charge in [0.05, 0.1) is 13.2 Å². The molecule has 0 saturated carbocycles. The molecule has 0 radical (unpaired) electrons. The lowest BCUT2D eigenvalue weighted by molar-refractivity contribution is -0.0510. The molecule has 3 rings (SSSR count). The topological polar surface area (TPSA) is 123 Å². The summed E-state index contributed by atoms with van der Waals surface area (Å²) in [6, 6.07) is 0. The first kappa shape index (κ1) is 14.1. The van der Waals surface area contributed by atoms with Crippen LogP contribution in [-0.2, 0) is 4.74 Å². The first-order valence-electron chi connectivity index (χ1n) is 6.60. The maximum absolute atomic E-state index is 10.1. The number of aromatic nitrogens is 4. The van der Waals surface area contributed by atoms with Gasteiger partial charge in [0.2, 0.25) is 5.88 Å². The Morgan fingerprint density at radius 1 is 1.29 bits per heavy atom.